The van der Waals surface area contributed by atoms with E-state index in [1.165, 1.54) is 131 Å². The van der Waals surface area contributed by atoms with E-state index in [0.717, 1.165) is 22.1 Å². The Kier molecular flexibility index (Phi) is 6.99. The Balaban J connectivity index is 1.33. The van der Waals surface area contributed by atoms with E-state index < -0.39 is 0 Å². The van der Waals surface area contributed by atoms with Crippen molar-refractivity contribution in [3.05, 3.63) is 119 Å². The molecule has 13 rings (SSSR count). The summed E-state index contributed by atoms with van der Waals surface area (Å²) in [6, 6.07) is 38.2. The number of hydrogen-bond acceptors (Lipinski definition) is 0. The zero-order valence-corrected chi connectivity index (χ0v) is 39.2. The number of aromatic nitrogens is 4. The van der Waals surface area contributed by atoms with Gasteiger partial charge in [-0.05, 0) is 92.4 Å². The van der Waals surface area contributed by atoms with Gasteiger partial charge in [-0.25, -0.2) is 0 Å². The minimum Gasteiger partial charge on any atom is -0.327 e. The minimum atomic E-state index is -0.00300. The normalized spacial score (nSPS) is 13.9. The average molecular weight is 833 g/mol. The molecule has 8 bridgehead atoms. The Hall–Kier alpha value is -6.52. The molecule has 0 atom stereocenters. The van der Waals surface area contributed by atoms with Gasteiger partial charge in [-0.15, -0.1) is 0 Å². The quantitative estimate of drug-likeness (QED) is 0.110. The molecule has 5 heterocycles. The van der Waals surface area contributed by atoms with Crippen molar-refractivity contribution in [2.45, 2.75) is 105 Å². The summed E-state index contributed by atoms with van der Waals surface area (Å²) < 4.78 is 0. The third-order valence-electron chi connectivity index (χ3n) is 15.1. The highest BCUT2D eigenvalue weighted by atomic mass is 14.8. The molecule has 0 amide bonds. The molecular weight excluding hydrogens is 777 g/mol. The van der Waals surface area contributed by atoms with Gasteiger partial charge in [0, 0.05) is 24.3 Å². The van der Waals surface area contributed by atoms with E-state index in [1.54, 1.807) is 0 Å². The van der Waals surface area contributed by atoms with Gasteiger partial charge in [-0.2, -0.15) is 0 Å². The van der Waals surface area contributed by atoms with Crippen LogP contribution in [0.4, 0.5) is 0 Å². The second kappa shape index (κ2) is 11.8. The van der Waals surface area contributed by atoms with E-state index in [1.807, 2.05) is 0 Å². The van der Waals surface area contributed by atoms with Crippen LogP contribution in [0.5, 0.6) is 0 Å². The molecule has 4 heteroatoms. The Labute approximate surface area is 372 Å². The van der Waals surface area contributed by atoms with Crippen LogP contribution >= 0.6 is 0 Å². The Morgan fingerprint density at radius 3 is 0.703 bits per heavy atom. The van der Waals surface area contributed by atoms with Gasteiger partial charge in [0.15, 0.2) is 0 Å². The SMILES string of the molecule is CC(C)(C)c1ccc2c(c1)c1c3c4cc(C(C)(C)C)ccc4[c+]4c5ccc([nH]5)[c+]5c6ccc(C(C)(C)C)cc6c6c7c8cc(C(C)(C)C)ccc8[c+](c8ccc([nH]8)[c+]2c1[nH]c34)c7[nH]c65. The molecule has 0 aliphatic heterocycles. The Bertz CT molecular complexity index is 3660. The summed E-state index contributed by atoms with van der Waals surface area (Å²) in [6.07, 6.45) is 0. The van der Waals surface area contributed by atoms with Gasteiger partial charge in [0.2, 0.25) is 0 Å². The summed E-state index contributed by atoms with van der Waals surface area (Å²) in [4.78, 5) is 16.5. The minimum absolute atomic E-state index is 0.00300. The summed E-state index contributed by atoms with van der Waals surface area (Å²) >= 11 is 0. The van der Waals surface area contributed by atoms with Gasteiger partial charge in [0.05, 0.1) is 45.8 Å². The van der Waals surface area contributed by atoms with Gasteiger partial charge in [-0.1, -0.05) is 83.1 Å². The number of benzene rings is 4. The predicted molar refractivity (Wildman–Crippen MR) is 280 cm³/mol. The predicted octanol–water partition coefficient (Wildman–Crippen LogP) is 17.5. The lowest BCUT2D eigenvalue weighted by atomic mass is 9.85. The van der Waals surface area contributed by atoms with Crippen molar-refractivity contribution in [2.24, 2.45) is 0 Å². The smallest absolute Gasteiger partial charge is 0.146 e. The molecule has 8 aromatic carbocycles. The highest BCUT2D eigenvalue weighted by molar-refractivity contribution is 6.45. The molecule has 5 aromatic heterocycles. The Morgan fingerprint density at radius 1 is 0.281 bits per heavy atom. The first-order valence-electron chi connectivity index (χ1n) is 23.3. The van der Waals surface area contributed by atoms with Crippen LogP contribution in [-0.4, -0.2) is 19.9 Å². The van der Waals surface area contributed by atoms with Crippen LogP contribution in [0, 0.1) is 0 Å². The fourth-order valence-corrected chi connectivity index (χ4v) is 11.6. The van der Waals surface area contributed by atoms with Gasteiger partial charge < -0.3 is 19.9 Å². The standard InChI is InChI=1S/C60H56N4/c1-57(2,3)29-13-17-33-37(25-29)49-50-38-26-30(58(4,5)6)14-18-34(38)46-42-23-24-44(62-42)48-36-20-16-32(60(10,11)12)28-40(36)52-51-39-27-31(59(7,8)9)15-19-35(39)47(55(51)64-56(48)52)43-22-21-41(61-43)45(33)53(49)63-54(46)50/h13-28,61-64H,1-12H3/q+4. The molecule has 0 unspecified atom stereocenters. The second-order valence-electron chi connectivity index (χ2n) is 23.4. The molecule has 64 heavy (non-hydrogen) atoms. The molecule has 0 saturated heterocycles. The van der Waals surface area contributed by atoms with Gasteiger partial charge in [-0.3, -0.25) is 0 Å². The number of aromatic amines is 4. The molecule has 0 saturated carbocycles. The van der Waals surface area contributed by atoms with Crippen molar-refractivity contribution in [2.75, 3.05) is 0 Å². The number of H-pyrrole nitrogens is 4. The third kappa shape index (κ3) is 4.89. The molecule has 4 N–H and O–H groups in total. The topological polar surface area (TPSA) is 63.2 Å². The van der Waals surface area contributed by atoms with Gasteiger partial charge in [0.1, 0.15) is 109 Å². The lowest BCUT2D eigenvalue weighted by molar-refractivity contribution is 0.591. The fourth-order valence-electron chi connectivity index (χ4n) is 11.6. The highest BCUT2D eigenvalue weighted by Gasteiger charge is 2.36. The molecule has 0 spiro atoms. The molecule has 0 aliphatic carbocycles. The van der Waals surface area contributed by atoms with Crippen LogP contribution in [0.25, 0.3) is 130 Å². The molecule has 312 valence electrons. The summed E-state index contributed by atoms with van der Waals surface area (Å²) in [5.74, 6) is 0. The summed E-state index contributed by atoms with van der Waals surface area (Å²) in [5, 5.41) is 20.5. The first kappa shape index (κ1) is 38.0. The van der Waals surface area contributed by atoms with Crippen molar-refractivity contribution >= 4 is 130 Å². The third-order valence-corrected chi connectivity index (χ3v) is 15.1. The van der Waals surface area contributed by atoms with E-state index in [2.05, 4.69) is 200 Å². The van der Waals surface area contributed by atoms with Crippen molar-refractivity contribution in [1.29, 1.82) is 0 Å². The number of rotatable bonds is 0. The van der Waals surface area contributed by atoms with Crippen LogP contribution in [-0.2, 0) is 21.7 Å². The monoisotopic (exact) mass is 832 g/mol. The highest BCUT2D eigenvalue weighted by Crippen LogP contribution is 2.51. The van der Waals surface area contributed by atoms with Crippen molar-refractivity contribution in [3.8, 4) is 0 Å². The first-order chi connectivity index (χ1) is 30.3. The van der Waals surface area contributed by atoms with E-state index in [4.69, 9.17) is 0 Å². The number of hydrogen-bond donors (Lipinski definition) is 4. The Morgan fingerprint density at radius 2 is 0.500 bits per heavy atom. The zero-order valence-electron chi connectivity index (χ0n) is 39.2. The van der Waals surface area contributed by atoms with Crippen molar-refractivity contribution in [1.82, 2.24) is 19.9 Å². The van der Waals surface area contributed by atoms with Crippen LogP contribution in [0.2, 0.25) is 0 Å². The number of fused-ring (bicyclic) bond motifs is 22. The molecule has 0 aliphatic rings. The maximum absolute atomic E-state index is 4.17. The average Bonchev–Trinajstić information content (AvgIpc) is 4.08. The number of nitrogens with one attached hydrogen (secondary N) is 4. The molecule has 0 fully saturated rings. The van der Waals surface area contributed by atoms with Gasteiger partial charge >= 0.3 is 0 Å². The van der Waals surface area contributed by atoms with Crippen LogP contribution in [0.15, 0.2) is 97.1 Å². The van der Waals surface area contributed by atoms with E-state index in [-0.39, 0.29) is 21.7 Å². The summed E-state index contributed by atoms with van der Waals surface area (Å²) in [7, 11) is 0. The zero-order chi connectivity index (χ0) is 44.3. The van der Waals surface area contributed by atoms with Crippen LogP contribution in [0.1, 0.15) is 105 Å². The lowest BCUT2D eigenvalue weighted by Crippen LogP contribution is -2.10. The van der Waals surface area contributed by atoms with E-state index in [9.17, 15) is 0 Å². The van der Waals surface area contributed by atoms with Crippen LogP contribution < -0.4 is 0 Å². The molecule has 4 nitrogen and oxygen atoms in total. The molecular formula is C60H56N4+4. The summed E-state index contributed by atoms with van der Waals surface area (Å²) in [5.41, 5.74) is 14.6. The maximum atomic E-state index is 4.17. The van der Waals surface area contributed by atoms with Crippen molar-refractivity contribution in [3.63, 3.8) is 0 Å². The molecule has 13 aromatic rings. The first-order valence-corrected chi connectivity index (χ1v) is 23.3. The maximum Gasteiger partial charge on any atom is 0.146 e. The van der Waals surface area contributed by atoms with Gasteiger partial charge in [0.25, 0.3) is 0 Å². The van der Waals surface area contributed by atoms with E-state index >= 15 is 0 Å². The second-order valence-corrected chi connectivity index (χ2v) is 23.4. The van der Waals surface area contributed by atoms with Crippen LogP contribution in [0.3, 0.4) is 0 Å². The summed E-state index contributed by atoms with van der Waals surface area (Å²) in [6.45, 7) is 27.9. The molecule has 0 radical (unpaired) electrons. The van der Waals surface area contributed by atoms with E-state index in [0.29, 0.717) is 0 Å². The van der Waals surface area contributed by atoms with Crippen molar-refractivity contribution < 1.29 is 0 Å². The largest absolute Gasteiger partial charge is 0.327 e. The fraction of sp³-hybridized carbons (Fsp3) is 0.267. The lowest BCUT2D eigenvalue weighted by Gasteiger charge is -2.17.